The van der Waals surface area contributed by atoms with Gasteiger partial charge in [0.25, 0.3) is 5.91 Å². The number of carbonyl (C=O) groups excluding carboxylic acids is 2. The van der Waals surface area contributed by atoms with Crippen molar-refractivity contribution < 1.29 is 9.59 Å². The number of aromatic nitrogens is 2. The van der Waals surface area contributed by atoms with Crippen LogP contribution in [-0.4, -0.2) is 64.5 Å². The van der Waals surface area contributed by atoms with Gasteiger partial charge in [-0.05, 0) is 24.6 Å². The van der Waals surface area contributed by atoms with Gasteiger partial charge in [0.15, 0.2) is 5.69 Å². The van der Waals surface area contributed by atoms with Crippen LogP contribution in [0.15, 0.2) is 48.5 Å². The van der Waals surface area contributed by atoms with E-state index in [1.54, 1.807) is 12.1 Å². The van der Waals surface area contributed by atoms with Gasteiger partial charge >= 0.3 is 0 Å². The maximum Gasteiger partial charge on any atom is 0.275 e. The molecule has 0 spiro atoms. The van der Waals surface area contributed by atoms with Crippen LogP contribution in [0.2, 0.25) is 5.02 Å². The van der Waals surface area contributed by atoms with Crippen LogP contribution >= 0.6 is 11.6 Å². The Morgan fingerprint density at radius 3 is 2.69 bits per heavy atom. The van der Waals surface area contributed by atoms with E-state index in [0.717, 1.165) is 23.9 Å². The molecule has 2 heterocycles. The Balaban J connectivity index is 1.36. The number of rotatable bonds is 4. The first-order valence-corrected chi connectivity index (χ1v) is 9.99. The first-order chi connectivity index (χ1) is 14.1. The molecule has 7 nitrogen and oxygen atoms in total. The highest BCUT2D eigenvalue weighted by atomic mass is 35.5. The molecule has 29 heavy (non-hydrogen) atoms. The fraction of sp³-hybridized carbons (Fsp3) is 0.286. The SMILES string of the molecule is O=C(CN1CCCN(C(=O)c2n[nH]c3ccccc23)CC1)Nc1ccccc1Cl. The van der Waals surface area contributed by atoms with Gasteiger partial charge in [0, 0.05) is 31.6 Å². The first-order valence-electron chi connectivity index (χ1n) is 9.61. The third-order valence-corrected chi connectivity index (χ3v) is 5.39. The van der Waals surface area contributed by atoms with Crippen LogP contribution in [0.3, 0.4) is 0 Å². The molecule has 2 N–H and O–H groups in total. The average Bonchev–Trinajstić information content (AvgIpc) is 3.02. The van der Waals surface area contributed by atoms with E-state index in [2.05, 4.69) is 20.4 Å². The first kappa shape index (κ1) is 19.4. The fourth-order valence-electron chi connectivity index (χ4n) is 3.56. The molecule has 2 amide bonds. The molecule has 0 atom stereocenters. The van der Waals surface area contributed by atoms with E-state index in [1.165, 1.54) is 0 Å². The van der Waals surface area contributed by atoms with Gasteiger partial charge in [-0.25, -0.2) is 0 Å². The Morgan fingerprint density at radius 2 is 1.83 bits per heavy atom. The lowest BCUT2D eigenvalue weighted by Gasteiger charge is -2.21. The summed E-state index contributed by atoms with van der Waals surface area (Å²) in [5.74, 6) is -0.194. The fourth-order valence-corrected chi connectivity index (χ4v) is 3.75. The van der Waals surface area contributed by atoms with E-state index >= 15 is 0 Å². The van der Waals surface area contributed by atoms with Gasteiger partial charge in [-0.1, -0.05) is 41.9 Å². The summed E-state index contributed by atoms with van der Waals surface area (Å²) in [7, 11) is 0. The third kappa shape index (κ3) is 4.41. The minimum absolute atomic E-state index is 0.0789. The summed E-state index contributed by atoms with van der Waals surface area (Å²) < 4.78 is 0. The zero-order valence-electron chi connectivity index (χ0n) is 15.9. The molecule has 1 saturated heterocycles. The quantitative estimate of drug-likeness (QED) is 0.691. The number of nitrogens with zero attached hydrogens (tertiary/aromatic N) is 3. The predicted octanol–water partition coefficient (Wildman–Crippen LogP) is 3.00. The molecular weight excluding hydrogens is 390 g/mol. The number of hydrogen-bond donors (Lipinski definition) is 2. The summed E-state index contributed by atoms with van der Waals surface area (Å²) in [6, 6.07) is 14.8. The van der Waals surface area contributed by atoms with E-state index in [-0.39, 0.29) is 18.4 Å². The Bertz CT molecular complexity index is 1030. The summed E-state index contributed by atoms with van der Waals surface area (Å²) in [5.41, 5.74) is 1.91. The number of fused-ring (bicyclic) bond motifs is 1. The van der Waals surface area contributed by atoms with Gasteiger partial charge < -0.3 is 10.2 Å². The summed E-state index contributed by atoms with van der Waals surface area (Å²) in [4.78, 5) is 29.2. The molecule has 0 bridgehead atoms. The number of halogens is 1. The van der Waals surface area contributed by atoms with Gasteiger partial charge in [-0.15, -0.1) is 0 Å². The maximum atomic E-state index is 13.0. The number of amides is 2. The standard InChI is InChI=1S/C21H22ClN5O2/c22-16-7-2-4-9-18(16)23-19(28)14-26-10-5-11-27(13-12-26)21(29)20-15-6-1-3-8-17(15)24-25-20/h1-4,6-9H,5,10-14H2,(H,23,28)(H,24,25). The number of H-pyrrole nitrogens is 1. The number of para-hydroxylation sites is 2. The smallest absolute Gasteiger partial charge is 0.275 e. The van der Waals surface area contributed by atoms with Crippen molar-refractivity contribution in [2.75, 3.05) is 38.0 Å². The molecule has 3 aromatic rings. The number of hydrogen-bond acceptors (Lipinski definition) is 4. The van der Waals surface area contributed by atoms with E-state index in [1.807, 2.05) is 41.3 Å². The molecule has 1 aromatic heterocycles. The minimum atomic E-state index is -0.115. The number of benzene rings is 2. The summed E-state index contributed by atoms with van der Waals surface area (Å²) in [6.45, 7) is 2.84. The predicted molar refractivity (Wildman–Crippen MR) is 113 cm³/mol. The maximum absolute atomic E-state index is 13.0. The lowest BCUT2D eigenvalue weighted by molar-refractivity contribution is -0.117. The molecule has 0 radical (unpaired) electrons. The highest BCUT2D eigenvalue weighted by Crippen LogP contribution is 2.21. The number of aromatic amines is 1. The van der Waals surface area contributed by atoms with Crippen LogP contribution in [0.25, 0.3) is 10.9 Å². The van der Waals surface area contributed by atoms with Crippen molar-refractivity contribution in [1.29, 1.82) is 0 Å². The summed E-state index contributed by atoms with van der Waals surface area (Å²) >= 11 is 6.10. The summed E-state index contributed by atoms with van der Waals surface area (Å²) in [5, 5.41) is 11.3. The highest BCUT2D eigenvalue weighted by Gasteiger charge is 2.24. The van der Waals surface area contributed by atoms with Gasteiger partial charge in [-0.2, -0.15) is 5.10 Å². The van der Waals surface area contributed by atoms with Gasteiger partial charge in [0.1, 0.15) is 0 Å². The summed E-state index contributed by atoms with van der Waals surface area (Å²) in [6.07, 6.45) is 0.799. The van der Waals surface area contributed by atoms with E-state index < -0.39 is 0 Å². The zero-order valence-corrected chi connectivity index (χ0v) is 16.7. The van der Waals surface area contributed by atoms with Crippen LogP contribution in [0, 0.1) is 0 Å². The van der Waals surface area contributed by atoms with Crippen LogP contribution < -0.4 is 5.32 Å². The number of anilines is 1. The zero-order chi connectivity index (χ0) is 20.2. The Morgan fingerprint density at radius 1 is 1.03 bits per heavy atom. The molecule has 1 fully saturated rings. The minimum Gasteiger partial charge on any atom is -0.336 e. The van der Waals surface area contributed by atoms with Crippen LogP contribution in [0.1, 0.15) is 16.9 Å². The second-order valence-electron chi connectivity index (χ2n) is 7.07. The van der Waals surface area contributed by atoms with Crippen LogP contribution in [0.5, 0.6) is 0 Å². The van der Waals surface area contributed by atoms with Crippen molar-refractivity contribution in [3.05, 3.63) is 59.2 Å². The van der Waals surface area contributed by atoms with Crippen molar-refractivity contribution in [2.45, 2.75) is 6.42 Å². The van der Waals surface area contributed by atoms with Gasteiger partial charge in [0.2, 0.25) is 5.91 Å². The van der Waals surface area contributed by atoms with Crippen molar-refractivity contribution >= 4 is 40.0 Å². The van der Waals surface area contributed by atoms with Crippen molar-refractivity contribution in [3.8, 4) is 0 Å². The molecule has 2 aromatic carbocycles. The van der Waals surface area contributed by atoms with Crippen molar-refractivity contribution in [2.24, 2.45) is 0 Å². The monoisotopic (exact) mass is 411 g/mol. The van der Waals surface area contributed by atoms with E-state index in [4.69, 9.17) is 11.6 Å². The second-order valence-corrected chi connectivity index (χ2v) is 7.47. The lowest BCUT2D eigenvalue weighted by Crippen LogP contribution is -2.38. The average molecular weight is 412 g/mol. The topological polar surface area (TPSA) is 81.3 Å². The Labute approximate surface area is 173 Å². The molecule has 1 aliphatic rings. The third-order valence-electron chi connectivity index (χ3n) is 5.06. The lowest BCUT2D eigenvalue weighted by atomic mass is 10.2. The molecule has 8 heteroatoms. The number of nitrogens with one attached hydrogen (secondary N) is 2. The van der Waals surface area contributed by atoms with Gasteiger partial charge in [0.05, 0.1) is 22.8 Å². The van der Waals surface area contributed by atoms with Crippen LogP contribution in [0.4, 0.5) is 5.69 Å². The van der Waals surface area contributed by atoms with Crippen molar-refractivity contribution in [3.63, 3.8) is 0 Å². The van der Waals surface area contributed by atoms with Crippen molar-refractivity contribution in [1.82, 2.24) is 20.0 Å². The van der Waals surface area contributed by atoms with Gasteiger partial charge in [-0.3, -0.25) is 19.6 Å². The molecule has 0 unspecified atom stereocenters. The van der Waals surface area contributed by atoms with E-state index in [9.17, 15) is 9.59 Å². The second kappa shape index (κ2) is 8.63. The molecular formula is C21H22ClN5O2. The van der Waals surface area contributed by atoms with Crippen LogP contribution in [-0.2, 0) is 4.79 Å². The normalized spacial score (nSPS) is 15.3. The molecule has 1 aliphatic heterocycles. The molecule has 0 aliphatic carbocycles. The number of carbonyl (C=O) groups is 2. The molecule has 150 valence electrons. The van der Waals surface area contributed by atoms with E-state index in [0.29, 0.717) is 36.0 Å². The molecule has 4 rings (SSSR count). The molecule has 0 saturated carbocycles. The highest BCUT2D eigenvalue weighted by molar-refractivity contribution is 6.33. The Kier molecular flexibility index (Phi) is 5.78. The largest absolute Gasteiger partial charge is 0.336 e. The Hall–Kier alpha value is -2.90.